The lowest BCUT2D eigenvalue weighted by molar-refractivity contribution is 0.102. The van der Waals surface area contributed by atoms with Crippen LogP contribution in [0.15, 0.2) is 72.9 Å². The second-order valence-electron chi connectivity index (χ2n) is 5.14. The summed E-state index contributed by atoms with van der Waals surface area (Å²) in [5, 5.41) is 2.86. The molecule has 0 fully saturated rings. The molecule has 24 heavy (non-hydrogen) atoms. The van der Waals surface area contributed by atoms with Crippen molar-refractivity contribution in [2.24, 2.45) is 0 Å². The molecular formula is C20H15FN2O. The van der Waals surface area contributed by atoms with Gasteiger partial charge in [-0.1, -0.05) is 48.6 Å². The van der Waals surface area contributed by atoms with Gasteiger partial charge in [-0.3, -0.25) is 9.78 Å². The van der Waals surface area contributed by atoms with Gasteiger partial charge in [0.2, 0.25) is 0 Å². The molecule has 3 rings (SSSR count). The topological polar surface area (TPSA) is 42.0 Å². The maximum Gasteiger partial charge on any atom is 0.274 e. The third-order valence-electron chi connectivity index (χ3n) is 3.43. The minimum absolute atomic E-state index is 0.266. The zero-order valence-corrected chi connectivity index (χ0v) is 12.8. The summed E-state index contributed by atoms with van der Waals surface area (Å²) in [6.45, 7) is 0. The van der Waals surface area contributed by atoms with E-state index < -0.39 is 0 Å². The molecule has 0 radical (unpaired) electrons. The number of hydrogen-bond donors (Lipinski definition) is 1. The smallest absolute Gasteiger partial charge is 0.274 e. The maximum atomic E-state index is 12.9. The van der Waals surface area contributed by atoms with Crippen LogP contribution in [-0.4, -0.2) is 10.9 Å². The molecule has 0 bridgehead atoms. The van der Waals surface area contributed by atoms with E-state index in [0.717, 1.165) is 11.1 Å². The van der Waals surface area contributed by atoms with Crippen molar-refractivity contribution in [3.05, 3.63) is 95.6 Å². The first-order chi connectivity index (χ1) is 11.7. The fraction of sp³-hybridized carbons (Fsp3) is 0. The van der Waals surface area contributed by atoms with Gasteiger partial charge < -0.3 is 5.32 Å². The molecule has 1 N–H and O–H groups in total. The van der Waals surface area contributed by atoms with Crippen molar-refractivity contribution in [2.75, 3.05) is 5.32 Å². The molecule has 3 nitrogen and oxygen atoms in total. The Hall–Kier alpha value is -3.27. The number of anilines is 1. The second kappa shape index (κ2) is 7.33. The lowest BCUT2D eigenvalue weighted by Gasteiger charge is -2.08. The summed E-state index contributed by atoms with van der Waals surface area (Å²) in [5.74, 6) is -0.534. The number of hydrogen-bond acceptors (Lipinski definition) is 2. The Bertz CT molecular complexity index is 858. The van der Waals surface area contributed by atoms with Crippen LogP contribution in [0.1, 0.15) is 21.6 Å². The molecule has 1 aromatic heterocycles. The molecule has 0 saturated heterocycles. The number of halogens is 1. The highest BCUT2D eigenvalue weighted by molar-refractivity contribution is 6.04. The first kappa shape index (κ1) is 15.6. The van der Waals surface area contributed by atoms with Gasteiger partial charge in [-0.25, -0.2) is 4.39 Å². The van der Waals surface area contributed by atoms with Gasteiger partial charge >= 0.3 is 0 Å². The number of rotatable bonds is 4. The van der Waals surface area contributed by atoms with Gasteiger partial charge in [0.15, 0.2) is 0 Å². The van der Waals surface area contributed by atoms with E-state index in [4.69, 9.17) is 0 Å². The van der Waals surface area contributed by atoms with Crippen molar-refractivity contribution in [2.45, 2.75) is 0 Å². The molecule has 0 aliphatic rings. The number of nitrogens with one attached hydrogen (secondary N) is 1. The summed E-state index contributed by atoms with van der Waals surface area (Å²) >= 11 is 0. The van der Waals surface area contributed by atoms with Gasteiger partial charge in [-0.15, -0.1) is 0 Å². The van der Waals surface area contributed by atoms with E-state index >= 15 is 0 Å². The Morgan fingerprint density at radius 1 is 0.917 bits per heavy atom. The molecule has 118 valence electrons. The van der Waals surface area contributed by atoms with Crippen LogP contribution in [-0.2, 0) is 0 Å². The van der Waals surface area contributed by atoms with Gasteiger partial charge in [0.1, 0.15) is 11.5 Å². The van der Waals surface area contributed by atoms with Crippen LogP contribution in [0.2, 0.25) is 0 Å². The molecule has 4 heteroatoms. The number of benzene rings is 2. The Balaban J connectivity index is 1.80. The molecule has 1 heterocycles. The van der Waals surface area contributed by atoms with Crippen LogP contribution in [0.5, 0.6) is 0 Å². The summed E-state index contributed by atoms with van der Waals surface area (Å²) in [5.41, 5.74) is 2.77. The Morgan fingerprint density at radius 2 is 1.67 bits per heavy atom. The average Bonchev–Trinajstić information content (AvgIpc) is 2.63. The highest BCUT2D eigenvalue weighted by atomic mass is 19.1. The van der Waals surface area contributed by atoms with Crippen molar-refractivity contribution < 1.29 is 9.18 Å². The monoisotopic (exact) mass is 318 g/mol. The van der Waals surface area contributed by atoms with Gasteiger partial charge in [0.05, 0.1) is 0 Å². The normalized spacial score (nSPS) is 10.7. The summed E-state index contributed by atoms with van der Waals surface area (Å²) in [6.07, 6.45) is 5.32. The first-order valence-electron chi connectivity index (χ1n) is 7.47. The summed E-state index contributed by atoms with van der Waals surface area (Å²) in [6, 6.07) is 18.9. The quantitative estimate of drug-likeness (QED) is 0.712. The standard InChI is InChI=1S/C20H15FN2O/c21-17-12-9-15(10-13-17)8-11-16-5-1-2-6-18(16)23-20(24)19-7-3-4-14-22-19/h1-14H,(H,23,24)/b11-8+. The van der Waals surface area contributed by atoms with Crippen molar-refractivity contribution >= 4 is 23.7 Å². The predicted molar refractivity (Wildman–Crippen MR) is 94.0 cm³/mol. The third-order valence-corrected chi connectivity index (χ3v) is 3.43. The number of amides is 1. The fourth-order valence-corrected chi connectivity index (χ4v) is 2.20. The molecule has 2 aromatic carbocycles. The molecule has 3 aromatic rings. The van der Waals surface area contributed by atoms with E-state index in [0.29, 0.717) is 11.4 Å². The lowest BCUT2D eigenvalue weighted by Crippen LogP contribution is -2.14. The lowest BCUT2D eigenvalue weighted by atomic mass is 10.1. The minimum atomic E-state index is -0.268. The van der Waals surface area contributed by atoms with E-state index in [1.807, 2.05) is 36.4 Å². The number of para-hydroxylation sites is 1. The molecule has 0 saturated carbocycles. The SMILES string of the molecule is O=C(Nc1ccccc1/C=C/c1ccc(F)cc1)c1ccccn1. The largest absolute Gasteiger partial charge is 0.320 e. The predicted octanol–water partition coefficient (Wildman–Crippen LogP) is 4.64. The maximum absolute atomic E-state index is 12.9. The van der Waals surface area contributed by atoms with E-state index in [2.05, 4.69) is 10.3 Å². The van der Waals surface area contributed by atoms with Crippen molar-refractivity contribution in [1.82, 2.24) is 4.98 Å². The molecule has 0 unspecified atom stereocenters. The molecule has 0 spiro atoms. The van der Waals surface area contributed by atoms with E-state index in [1.165, 1.54) is 12.1 Å². The van der Waals surface area contributed by atoms with E-state index in [1.54, 1.807) is 36.5 Å². The van der Waals surface area contributed by atoms with Crippen LogP contribution in [0.4, 0.5) is 10.1 Å². The summed E-state index contributed by atoms with van der Waals surface area (Å²) in [7, 11) is 0. The van der Waals surface area contributed by atoms with Crippen LogP contribution in [0.3, 0.4) is 0 Å². The zero-order chi connectivity index (χ0) is 16.8. The Kier molecular flexibility index (Phi) is 4.77. The van der Waals surface area contributed by atoms with Crippen LogP contribution >= 0.6 is 0 Å². The van der Waals surface area contributed by atoms with Gasteiger partial charge in [0, 0.05) is 11.9 Å². The number of carbonyl (C=O) groups excluding carboxylic acids is 1. The fourth-order valence-electron chi connectivity index (χ4n) is 2.20. The Morgan fingerprint density at radius 3 is 2.42 bits per heavy atom. The zero-order valence-electron chi connectivity index (χ0n) is 12.8. The molecular weight excluding hydrogens is 303 g/mol. The van der Waals surface area contributed by atoms with Crippen molar-refractivity contribution in [3.8, 4) is 0 Å². The van der Waals surface area contributed by atoms with Gasteiger partial charge in [0.25, 0.3) is 5.91 Å². The highest BCUT2D eigenvalue weighted by Gasteiger charge is 2.08. The van der Waals surface area contributed by atoms with Crippen molar-refractivity contribution in [3.63, 3.8) is 0 Å². The number of carbonyl (C=O) groups is 1. The molecule has 0 aliphatic carbocycles. The molecule has 1 amide bonds. The highest BCUT2D eigenvalue weighted by Crippen LogP contribution is 2.19. The number of pyridine rings is 1. The van der Waals surface area contributed by atoms with Crippen LogP contribution in [0.25, 0.3) is 12.2 Å². The van der Waals surface area contributed by atoms with Crippen LogP contribution in [0, 0.1) is 5.82 Å². The third kappa shape index (κ3) is 3.93. The summed E-state index contributed by atoms with van der Waals surface area (Å²) < 4.78 is 12.9. The van der Waals surface area contributed by atoms with E-state index in [9.17, 15) is 9.18 Å². The number of aromatic nitrogens is 1. The number of nitrogens with zero attached hydrogens (tertiary/aromatic N) is 1. The van der Waals surface area contributed by atoms with Crippen LogP contribution < -0.4 is 5.32 Å². The van der Waals surface area contributed by atoms with E-state index in [-0.39, 0.29) is 11.7 Å². The van der Waals surface area contributed by atoms with Crippen molar-refractivity contribution in [1.29, 1.82) is 0 Å². The second-order valence-corrected chi connectivity index (χ2v) is 5.14. The first-order valence-corrected chi connectivity index (χ1v) is 7.47. The van der Waals surface area contributed by atoms with Gasteiger partial charge in [-0.2, -0.15) is 0 Å². The molecule has 0 atom stereocenters. The molecule has 0 aliphatic heterocycles. The Labute approximate surface area is 139 Å². The minimum Gasteiger partial charge on any atom is -0.320 e. The summed E-state index contributed by atoms with van der Waals surface area (Å²) in [4.78, 5) is 16.3. The van der Waals surface area contributed by atoms with Gasteiger partial charge in [-0.05, 0) is 41.5 Å². The average molecular weight is 318 g/mol.